The van der Waals surface area contributed by atoms with Gasteiger partial charge in [0.1, 0.15) is 5.75 Å². The van der Waals surface area contributed by atoms with E-state index in [9.17, 15) is 22.8 Å². The molecule has 1 aliphatic heterocycles. The normalized spacial score (nSPS) is 17.7. The monoisotopic (exact) mass is 422 g/mol. The first-order chi connectivity index (χ1) is 13.7. The number of anilines is 1. The van der Waals surface area contributed by atoms with Crippen LogP contribution in [0.5, 0.6) is 5.75 Å². The summed E-state index contributed by atoms with van der Waals surface area (Å²) in [5.41, 5.74) is -1.25. The van der Waals surface area contributed by atoms with Crippen molar-refractivity contribution in [3.8, 4) is 5.75 Å². The number of methoxy groups -OCH3 is 1. The molecule has 1 atom stereocenters. The van der Waals surface area contributed by atoms with Crippen molar-refractivity contribution in [2.75, 3.05) is 25.5 Å². The molecule has 29 heavy (non-hydrogen) atoms. The van der Waals surface area contributed by atoms with Crippen LogP contribution < -0.4 is 21.3 Å². The minimum absolute atomic E-state index is 0.0401. The van der Waals surface area contributed by atoms with Crippen LogP contribution >= 0.6 is 0 Å². The van der Waals surface area contributed by atoms with Gasteiger partial charge in [-0.25, -0.2) is 13.2 Å². The van der Waals surface area contributed by atoms with Gasteiger partial charge in [0.05, 0.1) is 13.0 Å². The molecule has 1 unspecified atom stereocenters. The van der Waals surface area contributed by atoms with E-state index >= 15 is 0 Å². The Bertz CT molecular complexity index is 1140. The first-order valence-corrected chi connectivity index (χ1v) is 10.4. The minimum Gasteiger partial charge on any atom is -0.497 e. The average Bonchev–Trinajstić information content (AvgIpc) is 2.67. The predicted molar refractivity (Wildman–Crippen MR) is 106 cm³/mol. The van der Waals surface area contributed by atoms with Crippen LogP contribution in [0.4, 0.5) is 5.69 Å². The molecular formula is C18H22N4O6S. The molecule has 11 heteroatoms. The molecule has 0 aliphatic carbocycles. The first-order valence-electron chi connectivity index (χ1n) is 9.00. The highest BCUT2D eigenvalue weighted by Gasteiger charge is 2.35. The lowest BCUT2D eigenvalue weighted by molar-refractivity contribution is -0.120. The maximum absolute atomic E-state index is 13.0. The number of ether oxygens (including phenoxy) is 1. The molecule has 156 valence electrons. The van der Waals surface area contributed by atoms with Gasteiger partial charge < -0.3 is 15.0 Å². The summed E-state index contributed by atoms with van der Waals surface area (Å²) in [6, 6.07) is 6.85. The molecule has 0 radical (unpaired) electrons. The summed E-state index contributed by atoms with van der Waals surface area (Å²) < 4.78 is 32.2. The van der Waals surface area contributed by atoms with Gasteiger partial charge in [-0.05, 0) is 31.9 Å². The second-order valence-electron chi connectivity index (χ2n) is 6.79. The molecule has 1 fully saturated rings. The van der Waals surface area contributed by atoms with E-state index in [0.717, 1.165) is 4.31 Å². The lowest BCUT2D eigenvalue weighted by Crippen LogP contribution is -2.45. The third-order valence-electron chi connectivity index (χ3n) is 4.76. The van der Waals surface area contributed by atoms with Crippen LogP contribution in [0.2, 0.25) is 0 Å². The second-order valence-corrected chi connectivity index (χ2v) is 8.66. The number of aromatic amines is 2. The van der Waals surface area contributed by atoms with E-state index in [0.29, 0.717) is 24.3 Å². The van der Waals surface area contributed by atoms with Crippen molar-refractivity contribution in [1.29, 1.82) is 0 Å². The highest BCUT2D eigenvalue weighted by Crippen LogP contribution is 2.25. The van der Waals surface area contributed by atoms with E-state index in [1.54, 1.807) is 24.3 Å². The predicted octanol–water partition coefficient (Wildman–Crippen LogP) is 0.420. The second kappa shape index (κ2) is 8.21. The Morgan fingerprint density at radius 3 is 2.72 bits per heavy atom. The number of hydrogen-bond acceptors (Lipinski definition) is 6. The number of piperidine rings is 1. The molecule has 3 N–H and O–H groups in total. The highest BCUT2D eigenvalue weighted by atomic mass is 32.2. The van der Waals surface area contributed by atoms with Crippen LogP contribution in [0.1, 0.15) is 18.5 Å². The van der Waals surface area contributed by atoms with Crippen LogP contribution in [0.3, 0.4) is 0 Å². The van der Waals surface area contributed by atoms with Crippen molar-refractivity contribution < 1.29 is 17.9 Å². The molecule has 1 aromatic heterocycles. The topological polar surface area (TPSA) is 141 Å². The maximum Gasteiger partial charge on any atom is 0.325 e. The van der Waals surface area contributed by atoms with E-state index in [1.165, 1.54) is 14.0 Å². The lowest BCUT2D eigenvalue weighted by atomic mass is 9.98. The van der Waals surface area contributed by atoms with Crippen molar-refractivity contribution in [2.24, 2.45) is 5.92 Å². The smallest absolute Gasteiger partial charge is 0.325 e. The van der Waals surface area contributed by atoms with Gasteiger partial charge in [0.15, 0.2) is 4.90 Å². The van der Waals surface area contributed by atoms with E-state index in [1.807, 2.05) is 4.98 Å². The molecule has 1 aromatic carbocycles. The molecule has 2 heterocycles. The summed E-state index contributed by atoms with van der Waals surface area (Å²) in [6.07, 6.45) is 0.985. The van der Waals surface area contributed by atoms with Gasteiger partial charge in [0.25, 0.3) is 5.56 Å². The number of carbonyl (C=O) groups excluding carboxylic acids is 1. The molecule has 3 rings (SSSR count). The van der Waals surface area contributed by atoms with Gasteiger partial charge in [-0.3, -0.25) is 14.6 Å². The fourth-order valence-corrected chi connectivity index (χ4v) is 5.08. The number of nitrogens with zero attached hydrogens (tertiary/aromatic N) is 1. The lowest BCUT2D eigenvalue weighted by Gasteiger charge is -2.31. The summed E-state index contributed by atoms with van der Waals surface area (Å²) in [7, 11) is -2.65. The molecule has 1 amide bonds. The van der Waals surface area contributed by atoms with E-state index in [2.05, 4.69) is 10.3 Å². The Balaban J connectivity index is 1.80. The van der Waals surface area contributed by atoms with E-state index < -0.39 is 32.1 Å². The summed E-state index contributed by atoms with van der Waals surface area (Å²) >= 11 is 0. The third kappa shape index (κ3) is 4.40. The number of benzene rings is 1. The quantitative estimate of drug-likeness (QED) is 0.638. The van der Waals surface area contributed by atoms with Crippen molar-refractivity contribution in [3.63, 3.8) is 0 Å². The molecule has 10 nitrogen and oxygen atoms in total. The van der Waals surface area contributed by atoms with E-state index in [-0.39, 0.29) is 24.7 Å². The number of rotatable bonds is 5. The number of amides is 1. The standard InChI is InChI=1S/C18H22N4O6S/c1-11-15(17(24)21-18(25)19-11)29(26,27)22-8-4-5-12(10-22)16(23)20-13-6-3-7-14(9-13)28-2/h3,6-7,9,12H,4-5,8,10H2,1-2H3,(H,20,23)(H2,19,21,24,25). The Hall–Kier alpha value is -2.92. The van der Waals surface area contributed by atoms with Crippen molar-refractivity contribution in [1.82, 2.24) is 14.3 Å². The fraction of sp³-hybridized carbons (Fsp3) is 0.389. The zero-order chi connectivity index (χ0) is 21.2. The molecule has 0 saturated carbocycles. The summed E-state index contributed by atoms with van der Waals surface area (Å²) in [5, 5.41) is 2.77. The number of hydrogen-bond donors (Lipinski definition) is 3. The number of sulfonamides is 1. The highest BCUT2D eigenvalue weighted by molar-refractivity contribution is 7.89. The Morgan fingerprint density at radius 2 is 2.03 bits per heavy atom. The number of aromatic nitrogens is 2. The summed E-state index contributed by atoms with van der Waals surface area (Å²) in [5.74, 6) is -0.305. The molecular weight excluding hydrogens is 400 g/mol. The van der Waals surface area contributed by atoms with Gasteiger partial charge >= 0.3 is 5.69 Å². The van der Waals surface area contributed by atoms with Crippen molar-refractivity contribution in [3.05, 3.63) is 50.8 Å². The number of nitrogens with one attached hydrogen (secondary N) is 3. The number of carbonyl (C=O) groups is 1. The van der Waals surface area contributed by atoms with Crippen molar-refractivity contribution >= 4 is 21.6 Å². The Kier molecular flexibility index (Phi) is 5.89. The molecule has 1 saturated heterocycles. The molecule has 0 spiro atoms. The third-order valence-corrected chi connectivity index (χ3v) is 6.78. The Labute approximate surface area is 167 Å². The first kappa shape index (κ1) is 20.8. The average molecular weight is 422 g/mol. The molecule has 1 aliphatic rings. The SMILES string of the molecule is COc1cccc(NC(=O)C2CCCN(S(=O)(=O)c3c(C)[nH]c(=O)[nH]c3=O)C2)c1. The largest absolute Gasteiger partial charge is 0.497 e. The number of H-pyrrole nitrogens is 2. The van der Waals surface area contributed by atoms with Crippen LogP contribution in [0.15, 0.2) is 38.8 Å². The zero-order valence-corrected chi connectivity index (χ0v) is 16.8. The maximum atomic E-state index is 13.0. The van der Waals surface area contributed by atoms with E-state index in [4.69, 9.17) is 4.74 Å². The zero-order valence-electron chi connectivity index (χ0n) is 16.0. The molecule has 0 bridgehead atoms. The minimum atomic E-state index is -4.17. The number of aryl methyl sites for hydroxylation is 1. The summed E-state index contributed by atoms with van der Waals surface area (Å²) in [6.45, 7) is 1.47. The van der Waals surface area contributed by atoms with Gasteiger partial charge in [0.2, 0.25) is 15.9 Å². The fourth-order valence-electron chi connectivity index (χ4n) is 3.35. The Morgan fingerprint density at radius 1 is 1.28 bits per heavy atom. The van der Waals surface area contributed by atoms with Gasteiger partial charge in [-0.15, -0.1) is 0 Å². The van der Waals surface area contributed by atoms with Crippen LogP contribution in [-0.2, 0) is 14.8 Å². The summed E-state index contributed by atoms with van der Waals surface area (Å²) in [4.78, 5) is 39.8. The van der Waals surface area contributed by atoms with Gasteiger partial charge in [-0.2, -0.15) is 4.31 Å². The van der Waals surface area contributed by atoms with Crippen LogP contribution in [0, 0.1) is 12.8 Å². The van der Waals surface area contributed by atoms with Crippen LogP contribution in [-0.4, -0.2) is 48.8 Å². The van der Waals surface area contributed by atoms with Crippen molar-refractivity contribution in [2.45, 2.75) is 24.7 Å². The molecule has 2 aromatic rings. The van der Waals surface area contributed by atoms with Gasteiger partial charge in [0, 0.05) is 30.5 Å². The van der Waals surface area contributed by atoms with Crippen LogP contribution in [0.25, 0.3) is 0 Å². The van der Waals surface area contributed by atoms with Gasteiger partial charge in [-0.1, -0.05) is 6.07 Å².